The van der Waals surface area contributed by atoms with Crippen LogP contribution in [0.25, 0.3) is 0 Å². The van der Waals surface area contributed by atoms with Gasteiger partial charge in [-0.25, -0.2) is 4.98 Å². The molecule has 4 nitrogen and oxygen atoms in total. The largest absolute Gasteiger partial charge is 0.481 e. The number of rotatable bonds is 4. The van der Waals surface area contributed by atoms with E-state index in [1.165, 1.54) is 11.4 Å². The van der Waals surface area contributed by atoms with Crippen LogP contribution in [0.2, 0.25) is 5.02 Å². The van der Waals surface area contributed by atoms with Gasteiger partial charge in [-0.2, -0.15) is 13.2 Å². The molecular weight excluding hydrogens is 329 g/mol. The normalized spacial score (nSPS) is 11.4. The molecule has 0 aliphatic heterocycles. The van der Waals surface area contributed by atoms with Crippen molar-refractivity contribution in [3.63, 3.8) is 0 Å². The number of carboxylic acid groups (broad SMARTS) is 1. The molecule has 0 bridgehead atoms. The zero-order valence-corrected chi connectivity index (χ0v) is 11.8. The number of hydrogen-bond donors (Lipinski definition) is 2. The maximum absolute atomic E-state index is 12.7. The zero-order valence-electron chi connectivity index (χ0n) is 10.2. The van der Waals surface area contributed by atoms with E-state index in [1.807, 2.05) is 0 Å². The summed E-state index contributed by atoms with van der Waals surface area (Å²) in [5.41, 5.74) is -0.418. The summed E-state index contributed by atoms with van der Waals surface area (Å²) in [6.07, 6.45) is -4.75. The van der Waals surface area contributed by atoms with Crippen molar-refractivity contribution in [1.82, 2.24) is 4.98 Å². The summed E-state index contributed by atoms with van der Waals surface area (Å²) in [6, 6.07) is 3.06. The lowest BCUT2D eigenvalue weighted by molar-refractivity contribution is -0.138. The predicted molar refractivity (Wildman–Crippen MR) is 73.2 cm³/mol. The number of aliphatic carboxylic acids is 1. The van der Waals surface area contributed by atoms with Crippen LogP contribution in [0.3, 0.4) is 0 Å². The summed E-state index contributed by atoms with van der Waals surface area (Å²) in [5.74, 6) is -1.03. The zero-order chi connectivity index (χ0) is 15.6. The van der Waals surface area contributed by atoms with Crippen LogP contribution in [-0.2, 0) is 17.4 Å². The minimum absolute atomic E-state index is 0.0605. The van der Waals surface area contributed by atoms with Crippen molar-refractivity contribution < 1.29 is 23.1 Å². The van der Waals surface area contributed by atoms with Crippen molar-refractivity contribution in [1.29, 1.82) is 0 Å². The maximum Gasteiger partial charge on any atom is 0.416 e. The van der Waals surface area contributed by atoms with E-state index in [4.69, 9.17) is 16.7 Å². The fourth-order valence-electron chi connectivity index (χ4n) is 1.55. The molecule has 2 rings (SSSR count). The molecule has 0 saturated heterocycles. The number of halogens is 4. The highest BCUT2D eigenvalue weighted by Gasteiger charge is 2.31. The minimum Gasteiger partial charge on any atom is -0.481 e. The van der Waals surface area contributed by atoms with E-state index < -0.39 is 17.7 Å². The van der Waals surface area contributed by atoms with Crippen LogP contribution in [0.15, 0.2) is 23.6 Å². The van der Waals surface area contributed by atoms with Gasteiger partial charge in [0.1, 0.15) is 0 Å². The van der Waals surface area contributed by atoms with Gasteiger partial charge >= 0.3 is 12.1 Å². The Balaban J connectivity index is 2.21. The average Bonchev–Trinajstić information content (AvgIpc) is 2.73. The first-order valence-corrected chi connectivity index (χ1v) is 6.81. The van der Waals surface area contributed by atoms with E-state index in [1.54, 1.807) is 0 Å². The summed E-state index contributed by atoms with van der Waals surface area (Å²) in [4.78, 5) is 14.5. The Morgan fingerprint density at radius 2 is 2.10 bits per heavy atom. The van der Waals surface area contributed by atoms with Crippen molar-refractivity contribution in [3.05, 3.63) is 39.9 Å². The van der Waals surface area contributed by atoms with E-state index in [0.29, 0.717) is 10.8 Å². The van der Waals surface area contributed by atoms with Crippen LogP contribution in [0.1, 0.15) is 11.3 Å². The van der Waals surface area contributed by atoms with Gasteiger partial charge in [0, 0.05) is 16.1 Å². The lowest BCUT2D eigenvalue weighted by Crippen LogP contribution is -2.05. The molecule has 0 unspecified atom stereocenters. The first-order chi connectivity index (χ1) is 9.74. The molecule has 9 heteroatoms. The van der Waals surface area contributed by atoms with Crippen LogP contribution in [0.4, 0.5) is 24.0 Å². The van der Waals surface area contributed by atoms with Crippen molar-refractivity contribution in [2.75, 3.05) is 5.32 Å². The highest BCUT2D eigenvalue weighted by molar-refractivity contribution is 7.13. The SMILES string of the molecule is O=C(O)Cc1csc(Nc2cc(Cl)cc(C(F)(F)F)c2)n1. The molecule has 1 aromatic carbocycles. The molecule has 0 radical (unpaired) electrons. The Hall–Kier alpha value is -1.80. The Morgan fingerprint density at radius 1 is 1.38 bits per heavy atom. The van der Waals surface area contributed by atoms with Crippen LogP contribution >= 0.6 is 22.9 Å². The van der Waals surface area contributed by atoms with E-state index >= 15 is 0 Å². The standard InChI is InChI=1S/C12H8ClF3N2O2S/c13-7-1-6(12(14,15)16)2-8(3-7)17-11-18-9(5-21-11)4-10(19)20/h1-3,5H,4H2,(H,17,18)(H,19,20). The van der Waals surface area contributed by atoms with E-state index in [-0.39, 0.29) is 17.1 Å². The Bertz CT molecular complexity index is 673. The number of benzene rings is 1. The molecular formula is C12H8ClF3N2O2S. The highest BCUT2D eigenvalue weighted by Crippen LogP contribution is 2.34. The van der Waals surface area contributed by atoms with Gasteiger partial charge in [0.15, 0.2) is 5.13 Å². The third-order valence-electron chi connectivity index (χ3n) is 2.36. The van der Waals surface area contributed by atoms with Crippen LogP contribution < -0.4 is 5.32 Å². The van der Waals surface area contributed by atoms with Gasteiger partial charge in [0.25, 0.3) is 0 Å². The van der Waals surface area contributed by atoms with Crippen molar-refractivity contribution in [2.24, 2.45) is 0 Å². The first kappa shape index (κ1) is 15.6. The molecule has 1 heterocycles. The highest BCUT2D eigenvalue weighted by atomic mass is 35.5. The molecule has 0 atom stereocenters. The maximum atomic E-state index is 12.7. The number of nitrogens with zero attached hydrogens (tertiary/aromatic N) is 1. The summed E-state index contributed by atoms with van der Waals surface area (Å²) >= 11 is 6.76. The predicted octanol–water partition coefficient (Wildman–Crippen LogP) is 4.19. The Morgan fingerprint density at radius 3 is 2.71 bits per heavy atom. The molecule has 0 fully saturated rings. The van der Waals surface area contributed by atoms with Crippen LogP contribution in [-0.4, -0.2) is 16.1 Å². The third-order valence-corrected chi connectivity index (χ3v) is 3.39. The lowest BCUT2D eigenvalue weighted by Gasteiger charge is -2.10. The van der Waals surface area contributed by atoms with Gasteiger partial charge in [0.05, 0.1) is 17.7 Å². The quantitative estimate of drug-likeness (QED) is 0.879. The number of alkyl halides is 3. The van der Waals surface area contributed by atoms with Gasteiger partial charge < -0.3 is 10.4 Å². The molecule has 2 N–H and O–H groups in total. The van der Waals surface area contributed by atoms with Crippen molar-refractivity contribution >= 4 is 39.7 Å². The number of hydrogen-bond acceptors (Lipinski definition) is 4. The molecule has 112 valence electrons. The monoisotopic (exact) mass is 336 g/mol. The summed E-state index contributed by atoms with van der Waals surface area (Å²) in [7, 11) is 0. The molecule has 0 aliphatic carbocycles. The number of carbonyl (C=O) groups is 1. The number of carboxylic acids is 1. The average molecular weight is 337 g/mol. The summed E-state index contributed by atoms with van der Waals surface area (Å²) in [5, 5.41) is 13.1. The van der Waals surface area contributed by atoms with Gasteiger partial charge in [-0.1, -0.05) is 11.6 Å². The second kappa shape index (κ2) is 5.90. The second-order valence-electron chi connectivity index (χ2n) is 4.07. The minimum atomic E-state index is -4.50. The van der Waals surface area contributed by atoms with Gasteiger partial charge in [0.2, 0.25) is 0 Å². The fraction of sp³-hybridized carbons (Fsp3) is 0.167. The first-order valence-electron chi connectivity index (χ1n) is 5.55. The number of anilines is 2. The molecule has 21 heavy (non-hydrogen) atoms. The molecule has 2 aromatic rings. The lowest BCUT2D eigenvalue weighted by atomic mass is 10.2. The number of nitrogens with one attached hydrogen (secondary N) is 1. The van der Waals surface area contributed by atoms with E-state index in [0.717, 1.165) is 23.5 Å². The van der Waals surface area contributed by atoms with Gasteiger partial charge in [-0.05, 0) is 18.2 Å². The summed E-state index contributed by atoms with van der Waals surface area (Å²) < 4.78 is 38.0. The van der Waals surface area contributed by atoms with Crippen LogP contribution in [0, 0.1) is 0 Å². The van der Waals surface area contributed by atoms with Crippen molar-refractivity contribution in [2.45, 2.75) is 12.6 Å². The van der Waals surface area contributed by atoms with Crippen molar-refractivity contribution in [3.8, 4) is 0 Å². The molecule has 0 amide bonds. The Labute approximate surface area is 126 Å². The number of thiazole rings is 1. The summed E-state index contributed by atoms with van der Waals surface area (Å²) in [6.45, 7) is 0. The molecule has 0 spiro atoms. The molecule has 0 saturated carbocycles. The Kier molecular flexibility index (Phi) is 4.38. The van der Waals surface area contributed by atoms with Crippen LogP contribution in [0.5, 0.6) is 0 Å². The topological polar surface area (TPSA) is 62.2 Å². The molecule has 0 aliphatic rings. The third kappa shape index (κ3) is 4.33. The fourth-order valence-corrected chi connectivity index (χ4v) is 2.52. The van der Waals surface area contributed by atoms with Gasteiger partial charge in [-0.3, -0.25) is 4.79 Å². The van der Waals surface area contributed by atoms with E-state index in [2.05, 4.69) is 10.3 Å². The van der Waals surface area contributed by atoms with E-state index in [9.17, 15) is 18.0 Å². The smallest absolute Gasteiger partial charge is 0.416 e. The number of aromatic nitrogens is 1. The molecule has 1 aromatic heterocycles. The second-order valence-corrected chi connectivity index (χ2v) is 5.36. The van der Waals surface area contributed by atoms with Gasteiger partial charge in [-0.15, -0.1) is 11.3 Å².